The Balaban J connectivity index is 1.27. The lowest BCUT2D eigenvalue weighted by molar-refractivity contribution is 0.263. The van der Waals surface area contributed by atoms with Gasteiger partial charge >= 0.3 is 0 Å². The molecule has 6 heteroatoms. The van der Waals surface area contributed by atoms with Crippen LogP contribution in [0, 0.1) is 0 Å². The topological polar surface area (TPSA) is 46.9 Å². The fraction of sp³-hybridized carbons (Fsp3) is 0.536. The Kier molecular flexibility index (Phi) is 7.36. The molecule has 0 aliphatic carbocycles. The van der Waals surface area contributed by atoms with Gasteiger partial charge < -0.3 is 23.8 Å². The zero-order valence-corrected chi connectivity index (χ0v) is 20.4. The molecule has 1 aromatic heterocycles. The largest absolute Gasteiger partial charge is 0.493 e. The van der Waals surface area contributed by atoms with E-state index in [1.54, 1.807) is 0 Å². The molecule has 2 aliphatic rings. The summed E-state index contributed by atoms with van der Waals surface area (Å²) in [4.78, 5) is 18.2. The van der Waals surface area contributed by atoms with E-state index in [1.807, 2.05) is 43.4 Å². The van der Waals surface area contributed by atoms with E-state index in [-0.39, 0.29) is 5.43 Å². The van der Waals surface area contributed by atoms with Crippen LogP contribution < -0.4 is 14.9 Å². The molecule has 0 spiro atoms. The van der Waals surface area contributed by atoms with Crippen LogP contribution in [-0.4, -0.2) is 66.8 Å². The van der Waals surface area contributed by atoms with Gasteiger partial charge in [0, 0.05) is 43.0 Å². The molecular formula is C28H37N3O3. The second-order valence-corrected chi connectivity index (χ2v) is 9.75. The Morgan fingerprint density at radius 1 is 0.706 bits per heavy atom. The fourth-order valence-corrected chi connectivity index (χ4v) is 5.39. The molecule has 0 atom stereocenters. The van der Waals surface area contributed by atoms with Crippen LogP contribution in [0.2, 0.25) is 0 Å². The lowest BCUT2D eigenvalue weighted by Gasteiger charge is -2.16. The second-order valence-electron chi connectivity index (χ2n) is 9.75. The predicted octanol–water partition coefficient (Wildman–Crippen LogP) is 4.42. The van der Waals surface area contributed by atoms with Gasteiger partial charge in [-0.05, 0) is 89.0 Å². The molecule has 0 amide bonds. The van der Waals surface area contributed by atoms with Crippen LogP contribution in [0.25, 0.3) is 21.8 Å². The molecule has 0 bridgehead atoms. The number of nitrogens with zero attached hydrogens (tertiary/aromatic N) is 3. The van der Waals surface area contributed by atoms with Crippen molar-refractivity contribution in [3.63, 3.8) is 0 Å². The van der Waals surface area contributed by atoms with E-state index < -0.39 is 0 Å². The summed E-state index contributed by atoms with van der Waals surface area (Å²) < 4.78 is 14.2. The highest BCUT2D eigenvalue weighted by Gasteiger charge is 2.13. The molecule has 0 N–H and O–H groups in total. The van der Waals surface area contributed by atoms with Gasteiger partial charge in [-0.25, -0.2) is 0 Å². The monoisotopic (exact) mass is 463 g/mol. The van der Waals surface area contributed by atoms with Crippen molar-refractivity contribution in [2.75, 3.05) is 52.5 Å². The fourth-order valence-electron chi connectivity index (χ4n) is 5.39. The van der Waals surface area contributed by atoms with Crippen molar-refractivity contribution in [2.24, 2.45) is 7.05 Å². The van der Waals surface area contributed by atoms with Gasteiger partial charge in [0.25, 0.3) is 0 Å². The number of pyridine rings is 1. The number of benzene rings is 2. The van der Waals surface area contributed by atoms with Crippen molar-refractivity contribution in [3.05, 3.63) is 46.6 Å². The Bertz CT molecular complexity index is 1090. The van der Waals surface area contributed by atoms with Gasteiger partial charge in [-0.15, -0.1) is 0 Å². The van der Waals surface area contributed by atoms with Crippen molar-refractivity contribution in [1.82, 2.24) is 14.4 Å². The maximum atomic E-state index is 13.2. The van der Waals surface area contributed by atoms with Gasteiger partial charge in [0.2, 0.25) is 0 Å². The molecule has 5 rings (SSSR count). The van der Waals surface area contributed by atoms with Gasteiger partial charge in [-0.2, -0.15) is 0 Å². The third-order valence-corrected chi connectivity index (χ3v) is 7.32. The molecule has 0 saturated carbocycles. The molecule has 2 aromatic carbocycles. The maximum Gasteiger partial charge on any atom is 0.197 e. The van der Waals surface area contributed by atoms with E-state index in [2.05, 4.69) is 14.4 Å². The molecule has 6 nitrogen and oxygen atoms in total. The normalized spacial score (nSPS) is 17.2. The van der Waals surface area contributed by atoms with E-state index >= 15 is 0 Å². The summed E-state index contributed by atoms with van der Waals surface area (Å²) in [5.74, 6) is 1.63. The van der Waals surface area contributed by atoms with E-state index in [1.165, 1.54) is 51.9 Å². The Morgan fingerprint density at radius 3 is 1.59 bits per heavy atom. The van der Waals surface area contributed by atoms with Crippen molar-refractivity contribution >= 4 is 21.8 Å². The number of aryl methyl sites for hydroxylation is 1. The first-order valence-corrected chi connectivity index (χ1v) is 13.0. The maximum absolute atomic E-state index is 13.2. The lowest BCUT2D eigenvalue weighted by atomic mass is 10.1. The molecule has 0 unspecified atom stereocenters. The molecule has 2 saturated heterocycles. The molecule has 3 aromatic rings. The summed E-state index contributed by atoms with van der Waals surface area (Å²) in [6, 6.07) is 11.6. The molecule has 2 aliphatic heterocycles. The third kappa shape index (κ3) is 5.23. The highest BCUT2D eigenvalue weighted by Crippen LogP contribution is 2.25. The molecule has 0 radical (unpaired) electrons. The zero-order valence-electron chi connectivity index (χ0n) is 20.4. The predicted molar refractivity (Wildman–Crippen MR) is 138 cm³/mol. The van der Waals surface area contributed by atoms with E-state index in [9.17, 15) is 4.79 Å². The average molecular weight is 464 g/mol. The molecule has 182 valence electrons. The van der Waals surface area contributed by atoms with Crippen molar-refractivity contribution in [2.45, 2.75) is 38.5 Å². The van der Waals surface area contributed by atoms with Crippen LogP contribution in [0.1, 0.15) is 38.5 Å². The summed E-state index contributed by atoms with van der Waals surface area (Å²) in [5, 5.41) is 1.44. The molecule has 34 heavy (non-hydrogen) atoms. The van der Waals surface area contributed by atoms with Gasteiger partial charge in [0.1, 0.15) is 11.5 Å². The smallest absolute Gasteiger partial charge is 0.197 e. The van der Waals surface area contributed by atoms with E-state index in [4.69, 9.17) is 9.47 Å². The van der Waals surface area contributed by atoms with Crippen LogP contribution in [0.5, 0.6) is 11.5 Å². The van der Waals surface area contributed by atoms with E-state index in [0.717, 1.165) is 59.2 Å². The van der Waals surface area contributed by atoms with E-state index in [0.29, 0.717) is 13.2 Å². The van der Waals surface area contributed by atoms with Gasteiger partial charge in [0.05, 0.1) is 24.2 Å². The van der Waals surface area contributed by atoms with Gasteiger partial charge in [-0.1, -0.05) is 0 Å². The summed E-state index contributed by atoms with van der Waals surface area (Å²) in [7, 11) is 2.01. The average Bonchev–Trinajstić information content (AvgIpc) is 3.57. The van der Waals surface area contributed by atoms with Crippen molar-refractivity contribution in [1.29, 1.82) is 0 Å². The highest BCUT2D eigenvalue weighted by molar-refractivity contribution is 5.94. The second kappa shape index (κ2) is 10.8. The Labute approximate surface area is 202 Å². The number of fused-ring (bicyclic) bond motifs is 2. The van der Waals surface area contributed by atoms with Gasteiger partial charge in [0.15, 0.2) is 5.43 Å². The Morgan fingerprint density at radius 2 is 1.15 bits per heavy atom. The van der Waals surface area contributed by atoms with Crippen LogP contribution in [0.4, 0.5) is 0 Å². The lowest BCUT2D eigenvalue weighted by Crippen LogP contribution is -2.22. The van der Waals surface area contributed by atoms with Crippen molar-refractivity contribution < 1.29 is 9.47 Å². The van der Waals surface area contributed by atoms with Crippen LogP contribution in [-0.2, 0) is 7.05 Å². The first-order valence-electron chi connectivity index (χ1n) is 13.0. The SMILES string of the molecule is Cn1c2cc(OCCCN3CCCC3)ccc2c(=O)c2ccc(OCCCN3CCCC3)cc21. The van der Waals surface area contributed by atoms with Crippen LogP contribution in [0.3, 0.4) is 0 Å². The Hall–Kier alpha value is -2.57. The summed E-state index contributed by atoms with van der Waals surface area (Å²) >= 11 is 0. The first-order chi connectivity index (χ1) is 16.7. The van der Waals surface area contributed by atoms with Crippen molar-refractivity contribution in [3.8, 4) is 11.5 Å². The number of rotatable bonds is 10. The summed E-state index contributed by atoms with van der Waals surface area (Å²) in [5.41, 5.74) is 1.84. The first kappa shape index (κ1) is 23.2. The third-order valence-electron chi connectivity index (χ3n) is 7.32. The minimum atomic E-state index is 0.0595. The van der Waals surface area contributed by atoms with Crippen LogP contribution in [0.15, 0.2) is 41.2 Å². The standard InChI is InChI=1S/C28H37N3O3/c1-29-26-20-22(33-18-6-16-30-12-2-3-13-30)8-10-24(26)28(32)25-11-9-23(21-27(25)29)34-19-7-17-31-14-4-5-15-31/h8-11,20-21H,2-7,12-19H2,1H3. The minimum Gasteiger partial charge on any atom is -0.493 e. The number of likely N-dealkylation sites (tertiary alicyclic amines) is 2. The quantitative estimate of drug-likeness (QED) is 0.329. The summed E-state index contributed by atoms with van der Waals surface area (Å²) in [6.07, 6.45) is 7.32. The minimum absolute atomic E-state index is 0.0595. The summed E-state index contributed by atoms with van der Waals surface area (Å²) in [6.45, 7) is 8.45. The molecule has 3 heterocycles. The number of hydrogen-bond donors (Lipinski definition) is 0. The number of ether oxygens (including phenoxy) is 2. The van der Waals surface area contributed by atoms with Crippen LogP contribution >= 0.6 is 0 Å². The molecular weight excluding hydrogens is 426 g/mol. The zero-order chi connectivity index (χ0) is 23.3. The highest BCUT2D eigenvalue weighted by atomic mass is 16.5. The number of hydrogen-bond acceptors (Lipinski definition) is 5. The number of aromatic nitrogens is 1. The van der Waals surface area contributed by atoms with Gasteiger partial charge in [-0.3, -0.25) is 4.79 Å². The molecule has 2 fully saturated rings.